The predicted octanol–water partition coefficient (Wildman–Crippen LogP) is 2.45. The van der Waals surface area contributed by atoms with Gasteiger partial charge >= 0.3 is 6.03 Å². The van der Waals surface area contributed by atoms with Gasteiger partial charge in [0.2, 0.25) is 0 Å². The maximum absolute atomic E-state index is 12.0. The molecule has 5 nitrogen and oxygen atoms in total. The van der Waals surface area contributed by atoms with Crippen LogP contribution in [0.5, 0.6) is 0 Å². The zero-order valence-electron chi connectivity index (χ0n) is 11.0. The second-order valence-corrected chi connectivity index (χ2v) is 5.38. The Labute approximate surface area is 115 Å². The highest BCUT2D eigenvalue weighted by Crippen LogP contribution is 2.24. The fourth-order valence-electron chi connectivity index (χ4n) is 1.84. The number of aliphatic hydroxyl groups is 1. The molecule has 2 N–H and O–H groups in total. The van der Waals surface area contributed by atoms with Gasteiger partial charge < -0.3 is 15.3 Å². The number of aryl methyl sites for hydroxylation is 1. The Bertz CT molecular complexity index is 582. The van der Waals surface area contributed by atoms with E-state index in [1.165, 1.54) is 0 Å². The Kier molecular flexibility index (Phi) is 4.34. The van der Waals surface area contributed by atoms with E-state index in [2.05, 4.69) is 10.3 Å². The number of fused-ring (bicyclic) bond motifs is 1. The van der Waals surface area contributed by atoms with Crippen molar-refractivity contribution in [3.05, 3.63) is 23.2 Å². The second-order valence-electron chi connectivity index (χ2n) is 4.15. The largest absolute Gasteiger partial charge is 0.395 e. The summed E-state index contributed by atoms with van der Waals surface area (Å²) in [6.07, 6.45) is 0. The number of anilines is 1. The molecule has 0 fully saturated rings. The molecular formula is C13H17N3O2S. The Morgan fingerprint density at radius 1 is 1.53 bits per heavy atom. The first-order valence-electron chi connectivity index (χ1n) is 6.18. The quantitative estimate of drug-likeness (QED) is 0.903. The van der Waals surface area contributed by atoms with Crippen molar-refractivity contribution in [2.24, 2.45) is 0 Å². The first-order valence-corrected chi connectivity index (χ1v) is 6.99. The van der Waals surface area contributed by atoms with Gasteiger partial charge in [-0.15, -0.1) is 11.3 Å². The molecule has 1 heterocycles. The molecule has 0 saturated carbocycles. The lowest BCUT2D eigenvalue weighted by atomic mass is 10.3. The summed E-state index contributed by atoms with van der Waals surface area (Å²) in [7, 11) is 0. The minimum atomic E-state index is -0.197. The molecule has 102 valence electrons. The van der Waals surface area contributed by atoms with Crippen molar-refractivity contribution in [3.8, 4) is 0 Å². The van der Waals surface area contributed by atoms with Gasteiger partial charge in [0.25, 0.3) is 0 Å². The van der Waals surface area contributed by atoms with E-state index in [-0.39, 0.29) is 12.6 Å². The van der Waals surface area contributed by atoms with Crippen LogP contribution in [0.25, 0.3) is 10.2 Å². The van der Waals surface area contributed by atoms with Crippen molar-refractivity contribution in [1.82, 2.24) is 9.88 Å². The number of nitrogens with zero attached hydrogens (tertiary/aromatic N) is 2. The normalized spacial score (nSPS) is 10.7. The fraction of sp³-hybridized carbons (Fsp3) is 0.385. The first-order chi connectivity index (χ1) is 9.13. The number of aromatic nitrogens is 1. The zero-order valence-corrected chi connectivity index (χ0v) is 11.8. The average Bonchev–Trinajstić information content (AvgIpc) is 2.75. The minimum Gasteiger partial charge on any atom is -0.395 e. The predicted molar refractivity (Wildman–Crippen MR) is 77.7 cm³/mol. The number of aliphatic hydroxyl groups excluding tert-OH is 1. The number of carbonyl (C=O) groups is 1. The van der Waals surface area contributed by atoms with Crippen LogP contribution in [0.4, 0.5) is 10.5 Å². The van der Waals surface area contributed by atoms with Crippen LogP contribution in [-0.4, -0.2) is 40.7 Å². The lowest BCUT2D eigenvalue weighted by Gasteiger charge is -2.20. The van der Waals surface area contributed by atoms with Crippen LogP contribution in [0.3, 0.4) is 0 Å². The van der Waals surface area contributed by atoms with Crippen molar-refractivity contribution >= 4 is 33.3 Å². The van der Waals surface area contributed by atoms with Gasteiger partial charge in [0.1, 0.15) is 0 Å². The molecule has 0 aliphatic carbocycles. The Hall–Kier alpha value is -1.66. The standard InChI is InChI=1S/C13H17N3O2S/c1-3-16(6-7-17)13(18)15-10-4-5-11-12(8-10)19-9(2)14-11/h4-5,8,17H,3,6-7H2,1-2H3,(H,15,18). The van der Waals surface area contributed by atoms with E-state index in [9.17, 15) is 4.79 Å². The van der Waals surface area contributed by atoms with Crippen molar-refractivity contribution in [2.75, 3.05) is 25.0 Å². The van der Waals surface area contributed by atoms with E-state index in [4.69, 9.17) is 5.11 Å². The molecule has 2 amide bonds. The van der Waals surface area contributed by atoms with Gasteiger partial charge in [-0.25, -0.2) is 9.78 Å². The molecule has 1 aromatic carbocycles. The van der Waals surface area contributed by atoms with Crippen LogP contribution in [0.15, 0.2) is 18.2 Å². The molecular weight excluding hydrogens is 262 g/mol. The number of carbonyl (C=O) groups excluding carboxylic acids is 1. The summed E-state index contributed by atoms with van der Waals surface area (Å²) in [5.74, 6) is 0. The van der Waals surface area contributed by atoms with Crippen LogP contribution in [0, 0.1) is 6.92 Å². The van der Waals surface area contributed by atoms with Crippen LogP contribution in [0.2, 0.25) is 0 Å². The van der Waals surface area contributed by atoms with Crippen LogP contribution in [-0.2, 0) is 0 Å². The molecule has 0 aliphatic rings. The highest BCUT2D eigenvalue weighted by atomic mass is 32.1. The monoisotopic (exact) mass is 279 g/mol. The van der Waals surface area contributed by atoms with E-state index < -0.39 is 0 Å². The third-order valence-electron chi connectivity index (χ3n) is 2.79. The molecule has 0 aliphatic heterocycles. The van der Waals surface area contributed by atoms with Gasteiger partial charge in [-0.1, -0.05) is 0 Å². The Balaban J connectivity index is 2.13. The lowest BCUT2D eigenvalue weighted by Crippen LogP contribution is -2.36. The third-order valence-corrected chi connectivity index (χ3v) is 3.72. The molecule has 0 spiro atoms. The number of urea groups is 1. The highest BCUT2D eigenvalue weighted by molar-refractivity contribution is 7.18. The van der Waals surface area contributed by atoms with Crippen LogP contribution < -0.4 is 5.32 Å². The fourth-order valence-corrected chi connectivity index (χ4v) is 2.71. The average molecular weight is 279 g/mol. The highest BCUT2D eigenvalue weighted by Gasteiger charge is 2.11. The number of amides is 2. The number of thiazole rings is 1. The summed E-state index contributed by atoms with van der Waals surface area (Å²) in [5, 5.41) is 12.7. The summed E-state index contributed by atoms with van der Waals surface area (Å²) >= 11 is 1.60. The van der Waals surface area contributed by atoms with E-state index in [0.717, 1.165) is 20.9 Å². The van der Waals surface area contributed by atoms with Crippen LogP contribution >= 0.6 is 11.3 Å². The third kappa shape index (κ3) is 3.21. The van der Waals surface area contributed by atoms with Crippen molar-refractivity contribution in [2.45, 2.75) is 13.8 Å². The Morgan fingerprint density at radius 2 is 2.32 bits per heavy atom. The molecule has 0 radical (unpaired) electrons. The summed E-state index contributed by atoms with van der Waals surface area (Å²) in [6.45, 7) is 4.71. The topological polar surface area (TPSA) is 65.5 Å². The van der Waals surface area contributed by atoms with Gasteiger partial charge in [0, 0.05) is 18.8 Å². The van der Waals surface area contributed by atoms with Crippen LogP contribution in [0.1, 0.15) is 11.9 Å². The van der Waals surface area contributed by atoms with Gasteiger partial charge in [-0.05, 0) is 32.0 Å². The number of hydrogen-bond donors (Lipinski definition) is 2. The number of rotatable bonds is 4. The number of hydrogen-bond acceptors (Lipinski definition) is 4. The molecule has 2 aromatic rings. The molecule has 0 bridgehead atoms. The smallest absolute Gasteiger partial charge is 0.321 e. The maximum Gasteiger partial charge on any atom is 0.321 e. The second kappa shape index (κ2) is 5.99. The minimum absolute atomic E-state index is 0.0334. The molecule has 2 rings (SSSR count). The zero-order chi connectivity index (χ0) is 13.8. The van der Waals surface area contributed by atoms with Crippen molar-refractivity contribution in [3.63, 3.8) is 0 Å². The van der Waals surface area contributed by atoms with Gasteiger partial charge in [0.05, 0.1) is 21.8 Å². The van der Waals surface area contributed by atoms with E-state index in [1.54, 1.807) is 16.2 Å². The SMILES string of the molecule is CCN(CCO)C(=O)Nc1ccc2nc(C)sc2c1. The van der Waals surface area contributed by atoms with E-state index in [1.807, 2.05) is 32.0 Å². The molecule has 6 heteroatoms. The van der Waals surface area contributed by atoms with Gasteiger partial charge in [0.15, 0.2) is 0 Å². The van der Waals surface area contributed by atoms with E-state index in [0.29, 0.717) is 13.1 Å². The summed E-state index contributed by atoms with van der Waals surface area (Å²) in [4.78, 5) is 17.9. The molecule has 0 atom stereocenters. The molecule has 1 aromatic heterocycles. The summed E-state index contributed by atoms with van der Waals surface area (Å²) in [6, 6.07) is 5.46. The number of benzene rings is 1. The maximum atomic E-state index is 12.0. The van der Waals surface area contributed by atoms with Gasteiger partial charge in [-0.2, -0.15) is 0 Å². The molecule has 0 unspecified atom stereocenters. The number of likely N-dealkylation sites (N-methyl/N-ethyl adjacent to an activating group) is 1. The number of nitrogens with one attached hydrogen (secondary N) is 1. The summed E-state index contributed by atoms with van der Waals surface area (Å²) < 4.78 is 1.06. The van der Waals surface area contributed by atoms with Gasteiger partial charge in [-0.3, -0.25) is 0 Å². The lowest BCUT2D eigenvalue weighted by molar-refractivity contribution is 0.192. The van der Waals surface area contributed by atoms with E-state index >= 15 is 0 Å². The van der Waals surface area contributed by atoms with Crippen molar-refractivity contribution in [1.29, 1.82) is 0 Å². The first kappa shape index (κ1) is 13.8. The molecule has 0 saturated heterocycles. The molecule has 19 heavy (non-hydrogen) atoms. The Morgan fingerprint density at radius 3 is 3.00 bits per heavy atom. The summed E-state index contributed by atoms with van der Waals surface area (Å²) in [5.41, 5.74) is 1.70. The van der Waals surface area contributed by atoms with Crippen molar-refractivity contribution < 1.29 is 9.90 Å².